The molecule has 2 N–H and O–H groups in total. The lowest BCUT2D eigenvalue weighted by Gasteiger charge is -2.40. The number of benzene rings is 1. The van der Waals surface area contributed by atoms with E-state index in [1.165, 1.54) is 0 Å². The van der Waals surface area contributed by atoms with Gasteiger partial charge in [-0.15, -0.1) is 0 Å². The summed E-state index contributed by atoms with van der Waals surface area (Å²) in [6.45, 7) is 8.64. The summed E-state index contributed by atoms with van der Waals surface area (Å²) in [7, 11) is 0. The van der Waals surface area contributed by atoms with Crippen molar-refractivity contribution in [2.75, 3.05) is 32.8 Å². The molecule has 0 atom stereocenters. The number of urea groups is 1. The Bertz CT molecular complexity index is 502. The molecule has 0 unspecified atom stereocenters. The molecule has 2 amide bonds. The highest BCUT2D eigenvalue weighted by Crippen LogP contribution is 2.15. The third-order valence-corrected chi connectivity index (χ3v) is 4.13. The fourth-order valence-electron chi connectivity index (χ4n) is 2.47. The van der Waals surface area contributed by atoms with Gasteiger partial charge in [-0.3, -0.25) is 4.90 Å². The molecule has 0 aliphatic carbocycles. The van der Waals surface area contributed by atoms with E-state index in [-0.39, 0.29) is 11.6 Å². The molecule has 1 aliphatic heterocycles. The van der Waals surface area contributed by atoms with E-state index in [0.29, 0.717) is 18.1 Å². The highest BCUT2D eigenvalue weighted by atomic mass is 35.5. The standard InChI is InChI=1S/C16H24ClN3O2/c1-16(2,20-6-8-22-9-7-20)12-19-15(21)18-11-13-4-3-5-14(17)10-13/h3-5,10H,6-9,11-12H2,1-2H3,(H2,18,19,21). The molecule has 0 aromatic heterocycles. The Morgan fingerprint density at radius 1 is 1.32 bits per heavy atom. The normalized spacial score (nSPS) is 16.3. The Hall–Kier alpha value is -1.30. The van der Waals surface area contributed by atoms with Crippen LogP contribution in [0.5, 0.6) is 0 Å². The van der Waals surface area contributed by atoms with Gasteiger partial charge in [0.05, 0.1) is 13.2 Å². The van der Waals surface area contributed by atoms with Crippen LogP contribution < -0.4 is 10.6 Å². The third-order valence-electron chi connectivity index (χ3n) is 3.89. The first-order valence-electron chi connectivity index (χ1n) is 7.56. The van der Waals surface area contributed by atoms with E-state index in [0.717, 1.165) is 31.9 Å². The lowest BCUT2D eigenvalue weighted by molar-refractivity contribution is -0.00874. The van der Waals surface area contributed by atoms with Crippen molar-refractivity contribution < 1.29 is 9.53 Å². The lowest BCUT2D eigenvalue weighted by Crippen LogP contribution is -2.56. The molecule has 1 saturated heterocycles. The van der Waals surface area contributed by atoms with Crippen molar-refractivity contribution in [3.05, 3.63) is 34.9 Å². The van der Waals surface area contributed by atoms with Crippen LogP contribution in [0.2, 0.25) is 5.02 Å². The maximum absolute atomic E-state index is 11.9. The largest absolute Gasteiger partial charge is 0.379 e. The molecule has 22 heavy (non-hydrogen) atoms. The number of nitrogens with one attached hydrogen (secondary N) is 2. The Labute approximate surface area is 137 Å². The molecule has 0 saturated carbocycles. The van der Waals surface area contributed by atoms with Gasteiger partial charge in [-0.2, -0.15) is 0 Å². The maximum atomic E-state index is 11.9. The van der Waals surface area contributed by atoms with E-state index in [1.54, 1.807) is 0 Å². The Kier molecular flexibility index (Phi) is 6.06. The molecule has 6 heteroatoms. The number of hydrogen-bond donors (Lipinski definition) is 2. The second kappa shape index (κ2) is 7.81. The first-order chi connectivity index (χ1) is 10.5. The van der Waals surface area contributed by atoms with Gasteiger partial charge in [0.25, 0.3) is 0 Å². The molecule has 1 fully saturated rings. The number of morpholine rings is 1. The molecule has 5 nitrogen and oxygen atoms in total. The average molecular weight is 326 g/mol. The van der Waals surface area contributed by atoms with Crippen LogP contribution in [-0.4, -0.2) is 49.3 Å². The topological polar surface area (TPSA) is 53.6 Å². The van der Waals surface area contributed by atoms with Gasteiger partial charge >= 0.3 is 6.03 Å². The molecule has 122 valence electrons. The first-order valence-corrected chi connectivity index (χ1v) is 7.94. The van der Waals surface area contributed by atoms with Gasteiger partial charge in [-0.1, -0.05) is 23.7 Å². The van der Waals surface area contributed by atoms with Crippen molar-refractivity contribution in [3.8, 4) is 0 Å². The summed E-state index contributed by atoms with van der Waals surface area (Å²) in [5.41, 5.74) is 0.895. The zero-order valence-electron chi connectivity index (χ0n) is 13.2. The summed E-state index contributed by atoms with van der Waals surface area (Å²) in [5, 5.41) is 6.46. The monoisotopic (exact) mass is 325 g/mol. The Balaban J connectivity index is 1.74. The molecule has 1 heterocycles. The minimum atomic E-state index is -0.165. The van der Waals surface area contributed by atoms with E-state index < -0.39 is 0 Å². The van der Waals surface area contributed by atoms with E-state index in [1.807, 2.05) is 24.3 Å². The Morgan fingerprint density at radius 2 is 2.05 bits per heavy atom. The number of carbonyl (C=O) groups excluding carboxylic acids is 1. The fourth-order valence-corrected chi connectivity index (χ4v) is 2.68. The summed E-state index contributed by atoms with van der Waals surface area (Å²) in [5.74, 6) is 0. The van der Waals surface area contributed by atoms with Gasteiger partial charge in [-0.25, -0.2) is 4.79 Å². The molecule has 1 aromatic carbocycles. The van der Waals surface area contributed by atoms with Gasteiger partial charge < -0.3 is 15.4 Å². The first kappa shape index (κ1) is 17.1. The van der Waals surface area contributed by atoms with Crippen molar-refractivity contribution in [1.82, 2.24) is 15.5 Å². The van der Waals surface area contributed by atoms with E-state index in [2.05, 4.69) is 29.4 Å². The van der Waals surface area contributed by atoms with Crippen LogP contribution in [0.4, 0.5) is 4.79 Å². The molecule has 0 radical (unpaired) electrons. The van der Waals surface area contributed by atoms with Crippen molar-refractivity contribution in [3.63, 3.8) is 0 Å². The molecular weight excluding hydrogens is 302 g/mol. The minimum Gasteiger partial charge on any atom is -0.379 e. The lowest BCUT2D eigenvalue weighted by atomic mass is 10.0. The van der Waals surface area contributed by atoms with Crippen LogP contribution in [0, 0.1) is 0 Å². The average Bonchev–Trinajstić information content (AvgIpc) is 2.52. The van der Waals surface area contributed by atoms with Crippen molar-refractivity contribution in [1.29, 1.82) is 0 Å². The van der Waals surface area contributed by atoms with Crippen molar-refractivity contribution in [2.24, 2.45) is 0 Å². The van der Waals surface area contributed by atoms with Gasteiger partial charge in [0.1, 0.15) is 0 Å². The quantitative estimate of drug-likeness (QED) is 0.873. The van der Waals surface area contributed by atoms with E-state index in [9.17, 15) is 4.79 Å². The minimum absolute atomic E-state index is 0.0861. The van der Waals surface area contributed by atoms with Crippen LogP contribution >= 0.6 is 11.6 Å². The van der Waals surface area contributed by atoms with Crippen LogP contribution in [0.15, 0.2) is 24.3 Å². The zero-order valence-corrected chi connectivity index (χ0v) is 13.9. The highest BCUT2D eigenvalue weighted by Gasteiger charge is 2.28. The van der Waals surface area contributed by atoms with Gasteiger partial charge in [0.15, 0.2) is 0 Å². The summed E-state index contributed by atoms with van der Waals surface area (Å²) in [6, 6.07) is 7.30. The number of halogens is 1. The second-order valence-electron chi connectivity index (χ2n) is 6.08. The highest BCUT2D eigenvalue weighted by molar-refractivity contribution is 6.30. The second-order valence-corrected chi connectivity index (χ2v) is 6.51. The number of carbonyl (C=O) groups is 1. The molecule has 1 aromatic rings. The summed E-state index contributed by atoms with van der Waals surface area (Å²) in [6.07, 6.45) is 0. The number of hydrogen-bond acceptors (Lipinski definition) is 3. The summed E-state index contributed by atoms with van der Waals surface area (Å²) >= 11 is 5.92. The Morgan fingerprint density at radius 3 is 2.73 bits per heavy atom. The van der Waals surface area contributed by atoms with Gasteiger partial charge in [0, 0.05) is 36.7 Å². The van der Waals surface area contributed by atoms with Crippen molar-refractivity contribution >= 4 is 17.6 Å². The summed E-state index contributed by atoms with van der Waals surface area (Å²) < 4.78 is 5.37. The van der Waals surface area contributed by atoms with Crippen LogP contribution in [0.1, 0.15) is 19.4 Å². The smallest absolute Gasteiger partial charge is 0.315 e. The summed E-state index contributed by atoms with van der Waals surface area (Å²) in [4.78, 5) is 14.3. The van der Waals surface area contributed by atoms with E-state index >= 15 is 0 Å². The van der Waals surface area contributed by atoms with Crippen LogP contribution in [0.3, 0.4) is 0 Å². The fraction of sp³-hybridized carbons (Fsp3) is 0.562. The molecule has 0 bridgehead atoms. The zero-order chi connectivity index (χ0) is 16.0. The van der Waals surface area contributed by atoms with Crippen LogP contribution in [-0.2, 0) is 11.3 Å². The van der Waals surface area contributed by atoms with Crippen LogP contribution in [0.25, 0.3) is 0 Å². The van der Waals surface area contributed by atoms with E-state index in [4.69, 9.17) is 16.3 Å². The van der Waals surface area contributed by atoms with Crippen molar-refractivity contribution in [2.45, 2.75) is 25.9 Å². The maximum Gasteiger partial charge on any atom is 0.315 e. The van der Waals surface area contributed by atoms with Gasteiger partial charge in [0.2, 0.25) is 0 Å². The number of nitrogens with zero attached hydrogens (tertiary/aromatic N) is 1. The predicted molar refractivity (Wildman–Crippen MR) is 88.2 cm³/mol. The number of rotatable bonds is 5. The molecule has 1 aliphatic rings. The SMILES string of the molecule is CC(C)(CNC(=O)NCc1cccc(Cl)c1)N1CCOCC1. The number of amides is 2. The molecule has 0 spiro atoms. The third kappa shape index (κ3) is 5.16. The number of ether oxygens (including phenoxy) is 1. The molecular formula is C16H24ClN3O2. The predicted octanol–water partition coefficient (Wildman–Crippen LogP) is 2.25. The molecule has 2 rings (SSSR count). The van der Waals surface area contributed by atoms with Gasteiger partial charge in [-0.05, 0) is 31.5 Å².